The molecule has 2 aromatic heterocycles. The molecular weight excluding hydrogens is 294 g/mol. The first-order valence-corrected chi connectivity index (χ1v) is 7.69. The summed E-state index contributed by atoms with van der Waals surface area (Å²) in [5.74, 6) is 2.23. The summed E-state index contributed by atoms with van der Waals surface area (Å²) in [6.45, 7) is 3.79. The highest BCUT2D eigenvalue weighted by Gasteiger charge is 2.43. The minimum Gasteiger partial charge on any atom is -0.492 e. The Balaban J connectivity index is 2.22. The summed E-state index contributed by atoms with van der Waals surface area (Å²) in [4.78, 5) is 15.2. The molecule has 2 heterocycles. The van der Waals surface area contributed by atoms with Gasteiger partial charge >= 0.3 is 0 Å². The van der Waals surface area contributed by atoms with Crippen LogP contribution < -0.4 is 4.74 Å². The molecule has 1 saturated carbocycles. The molecule has 0 bridgehead atoms. The van der Waals surface area contributed by atoms with Crippen LogP contribution in [0, 0.1) is 13.8 Å². The Bertz CT molecular complexity index is 910. The second-order valence-corrected chi connectivity index (χ2v) is 6.20. The Morgan fingerprint density at radius 2 is 1.78 bits per heavy atom. The van der Waals surface area contributed by atoms with Gasteiger partial charge in [-0.25, -0.2) is 4.79 Å². The molecule has 0 saturated heterocycles. The highest BCUT2D eigenvalue weighted by Crippen LogP contribution is 2.53. The first kappa shape index (κ1) is 14.1. The highest BCUT2D eigenvalue weighted by atomic mass is 16.5. The van der Waals surface area contributed by atoms with Crippen molar-refractivity contribution in [2.45, 2.75) is 38.6 Å². The van der Waals surface area contributed by atoms with E-state index in [0.717, 1.165) is 52.7 Å². The third kappa shape index (κ3) is 1.80. The largest absolute Gasteiger partial charge is 0.492 e. The Kier molecular flexibility index (Phi) is 2.90. The second kappa shape index (κ2) is 4.74. The molecule has 1 aliphatic rings. The van der Waals surface area contributed by atoms with Crippen molar-refractivity contribution in [2.75, 3.05) is 7.11 Å². The summed E-state index contributed by atoms with van der Waals surface area (Å²) in [5.41, 5.74) is 1.76. The number of aliphatic imine (C=N–C) groups is 1. The van der Waals surface area contributed by atoms with Gasteiger partial charge in [0.05, 0.1) is 12.5 Å². The van der Waals surface area contributed by atoms with Crippen LogP contribution >= 0.6 is 0 Å². The van der Waals surface area contributed by atoms with Crippen molar-refractivity contribution < 1.29 is 18.4 Å². The Hall–Kier alpha value is -2.52. The van der Waals surface area contributed by atoms with Gasteiger partial charge in [0.15, 0.2) is 11.3 Å². The topological polar surface area (TPSA) is 64.9 Å². The Morgan fingerprint density at radius 1 is 1.13 bits per heavy atom. The first-order chi connectivity index (χ1) is 11.1. The number of furan rings is 2. The van der Waals surface area contributed by atoms with Crippen LogP contribution in [0.2, 0.25) is 0 Å². The first-order valence-electron chi connectivity index (χ1n) is 7.69. The average Bonchev–Trinajstić information content (AvgIpc) is 3.02. The van der Waals surface area contributed by atoms with Gasteiger partial charge in [0.2, 0.25) is 6.08 Å². The molecule has 1 aliphatic carbocycles. The van der Waals surface area contributed by atoms with Crippen molar-refractivity contribution in [3.8, 4) is 5.75 Å². The van der Waals surface area contributed by atoms with E-state index in [4.69, 9.17) is 13.6 Å². The lowest BCUT2D eigenvalue weighted by Gasteiger charge is -2.37. The van der Waals surface area contributed by atoms with Crippen molar-refractivity contribution >= 4 is 28.0 Å². The molecule has 0 amide bonds. The van der Waals surface area contributed by atoms with Gasteiger partial charge in [0, 0.05) is 10.9 Å². The fraction of sp³-hybridized carbons (Fsp3) is 0.389. The van der Waals surface area contributed by atoms with Crippen molar-refractivity contribution in [2.24, 2.45) is 4.99 Å². The summed E-state index contributed by atoms with van der Waals surface area (Å²) in [6, 6.07) is 3.90. The third-order valence-corrected chi connectivity index (χ3v) is 4.77. The Morgan fingerprint density at radius 3 is 2.35 bits per heavy atom. The van der Waals surface area contributed by atoms with Crippen LogP contribution in [-0.2, 0) is 10.3 Å². The summed E-state index contributed by atoms with van der Waals surface area (Å²) in [5, 5.41) is 1.76. The molecule has 0 atom stereocenters. The quantitative estimate of drug-likeness (QED) is 0.527. The maximum atomic E-state index is 11.0. The lowest BCUT2D eigenvalue weighted by Crippen LogP contribution is -2.32. The van der Waals surface area contributed by atoms with E-state index in [1.165, 1.54) is 0 Å². The number of benzene rings is 1. The molecule has 5 heteroatoms. The van der Waals surface area contributed by atoms with Gasteiger partial charge in [-0.15, -0.1) is 0 Å². The number of fused-ring (bicyclic) bond motifs is 2. The zero-order chi connectivity index (χ0) is 16.2. The number of ether oxygens (including phenoxy) is 1. The number of carbonyl (C=O) groups excluding carboxylic acids is 1. The fourth-order valence-corrected chi connectivity index (χ4v) is 3.66. The van der Waals surface area contributed by atoms with Crippen LogP contribution in [0.25, 0.3) is 21.9 Å². The Labute approximate surface area is 132 Å². The lowest BCUT2D eigenvalue weighted by molar-refractivity contribution is 0.258. The summed E-state index contributed by atoms with van der Waals surface area (Å²) in [7, 11) is 1.62. The molecule has 0 N–H and O–H groups in total. The zero-order valence-corrected chi connectivity index (χ0v) is 13.4. The van der Waals surface area contributed by atoms with E-state index < -0.39 is 5.54 Å². The van der Waals surface area contributed by atoms with E-state index in [9.17, 15) is 4.79 Å². The molecule has 0 unspecified atom stereocenters. The molecule has 0 spiro atoms. The van der Waals surface area contributed by atoms with E-state index in [1.807, 2.05) is 26.0 Å². The molecule has 0 aliphatic heterocycles. The summed E-state index contributed by atoms with van der Waals surface area (Å²) >= 11 is 0. The predicted octanol–water partition coefficient (Wildman–Crippen LogP) is 4.52. The van der Waals surface area contributed by atoms with Crippen molar-refractivity contribution in [1.29, 1.82) is 0 Å². The molecule has 5 nitrogen and oxygen atoms in total. The monoisotopic (exact) mass is 311 g/mol. The molecular formula is C18H17NO4. The number of isocyanates is 1. The van der Waals surface area contributed by atoms with E-state index in [-0.39, 0.29) is 0 Å². The molecule has 1 aromatic carbocycles. The van der Waals surface area contributed by atoms with Gasteiger partial charge < -0.3 is 13.6 Å². The van der Waals surface area contributed by atoms with E-state index in [1.54, 1.807) is 13.2 Å². The fourth-order valence-electron chi connectivity index (χ4n) is 3.66. The number of aryl methyl sites for hydroxylation is 2. The minimum atomic E-state index is -0.564. The normalized spacial score (nSPS) is 16.3. The number of hydrogen-bond donors (Lipinski definition) is 0. The van der Waals surface area contributed by atoms with Gasteiger partial charge in [-0.3, -0.25) is 0 Å². The average molecular weight is 311 g/mol. The van der Waals surface area contributed by atoms with Gasteiger partial charge in [-0.1, -0.05) is 0 Å². The molecule has 1 fully saturated rings. The maximum Gasteiger partial charge on any atom is 0.235 e. The van der Waals surface area contributed by atoms with Crippen molar-refractivity contribution in [3.63, 3.8) is 0 Å². The van der Waals surface area contributed by atoms with Gasteiger partial charge in [0.25, 0.3) is 0 Å². The SMILES string of the molecule is COc1c2cc(C)oc2c(C2(N=C=O)CCC2)c2cc(C)oc12. The maximum absolute atomic E-state index is 11.0. The molecule has 23 heavy (non-hydrogen) atoms. The van der Waals surface area contributed by atoms with Crippen molar-refractivity contribution in [1.82, 2.24) is 0 Å². The molecule has 118 valence electrons. The number of hydrogen-bond acceptors (Lipinski definition) is 5. The zero-order valence-electron chi connectivity index (χ0n) is 13.4. The minimum absolute atomic E-state index is 0.564. The highest BCUT2D eigenvalue weighted by molar-refractivity contribution is 6.05. The smallest absolute Gasteiger partial charge is 0.235 e. The standard InChI is InChI=1S/C18H17NO4/c1-10-7-12-14(18(19-9-20)5-4-6-18)15-13(8-11(2)22-15)16(21-3)17(12)23-10/h7-8H,4-6H2,1-3H3. The van der Waals surface area contributed by atoms with E-state index in [0.29, 0.717) is 11.3 Å². The summed E-state index contributed by atoms with van der Waals surface area (Å²) < 4.78 is 17.4. The second-order valence-electron chi connectivity index (χ2n) is 6.20. The van der Waals surface area contributed by atoms with Gasteiger partial charge in [0.1, 0.15) is 22.6 Å². The number of nitrogens with zero attached hydrogens (tertiary/aromatic N) is 1. The van der Waals surface area contributed by atoms with Crippen LogP contribution in [0.3, 0.4) is 0 Å². The van der Waals surface area contributed by atoms with Crippen molar-refractivity contribution in [3.05, 3.63) is 29.2 Å². The summed E-state index contributed by atoms with van der Waals surface area (Å²) in [6.07, 6.45) is 4.39. The molecule has 3 aromatic rings. The van der Waals surface area contributed by atoms with Crippen LogP contribution in [0.5, 0.6) is 5.75 Å². The van der Waals surface area contributed by atoms with E-state index in [2.05, 4.69) is 4.99 Å². The van der Waals surface area contributed by atoms with E-state index >= 15 is 0 Å². The van der Waals surface area contributed by atoms with Crippen LogP contribution in [0.1, 0.15) is 36.3 Å². The van der Waals surface area contributed by atoms with Crippen LogP contribution in [0.15, 0.2) is 26.0 Å². The molecule has 4 rings (SSSR count). The number of methoxy groups -OCH3 is 1. The lowest BCUT2D eigenvalue weighted by atomic mass is 9.71. The predicted molar refractivity (Wildman–Crippen MR) is 85.7 cm³/mol. The van der Waals surface area contributed by atoms with Gasteiger partial charge in [-0.05, 0) is 45.2 Å². The number of rotatable bonds is 3. The van der Waals surface area contributed by atoms with Crippen LogP contribution in [-0.4, -0.2) is 13.2 Å². The van der Waals surface area contributed by atoms with Gasteiger partial charge in [-0.2, -0.15) is 4.99 Å². The third-order valence-electron chi connectivity index (χ3n) is 4.77. The molecule has 0 radical (unpaired) electrons. The van der Waals surface area contributed by atoms with Crippen LogP contribution in [0.4, 0.5) is 0 Å².